The zero-order valence-electron chi connectivity index (χ0n) is 17.3. The second-order valence-corrected chi connectivity index (χ2v) is 9.22. The van der Waals surface area contributed by atoms with Gasteiger partial charge in [-0.25, -0.2) is 17.4 Å². The Morgan fingerprint density at radius 3 is 2.21 bits per heavy atom. The van der Waals surface area contributed by atoms with Gasteiger partial charge in [0.2, 0.25) is 5.91 Å². The number of carbonyl (C=O) groups excluding carboxylic acids is 2. The lowest BCUT2D eigenvalue weighted by Crippen LogP contribution is -2.37. The molecule has 1 N–H and O–H groups in total. The summed E-state index contributed by atoms with van der Waals surface area (Å²) in [5, 5.41) is 7.33. The molecule has 1 aromatic heterocycles. The highest BCUT2D eigenvalue weighted by Crippen LogP contribution is 2.30. The average Bonchev–Trinajstić information content (AvgIpc) is 3.34. The SMILES string of the molecule is O=C(CN1C(=O)c2ccccc2S1(=O)=O)Nc1cc(-c2ccccc2)nn1-c1ccccc1. The van der Waals surface area contributed by atoms with E-state index in [4.69, 9.17) is 0 Å². The van der Waals surface area contributed by atoms with Gasteiger partial charge in [0.15, 0.2) is 0 Å². The van der Waals surface area contributed by atoms with Crippen molar-refractivity contribution in [2.75, 3.05) is 11.9 Å². The van der Waals surface area contributed by atoms with Gasteiger partial charge in [-0.15, -0.1) is 0 Å². The van der Waals surface area contributed by atoms with Gasteiger partial charge in [-0.3, -0.25) is 9.59 Å². The Bertz CT molecular complexity index is 1460. The third-order valence-electron chi connectivity index (χ3n) is 5.25. The number of hydrogen-bond donors (Lipinski definition) is 1. The molecule has 5 rings (SSSR count). The predicted octanol–water partition coefficient (Wildman–Crippen LogP) is 3.32. The van der Waals surface area contributed by atoms with Crippen LogP contribution in [-0.4, -0.2) is 40.9 Å². The molecule has 4 aromatic rings. The van der Waals surface area contributed by atoms with E-state index in [-0.39, 0.29) is 10.5 Å². The molecule has 164 valence electrons. The number of benzene rings is 3. The van der Waals surface area contributed by atoms with E-state index in [1.54, 1.807) is 16.8 Å². The summed E-state index contributed by atoms with van der Waals surface area (Å²) in [4.78, 5) is 25.4. The molecule has 0 saturated carbocycles. The summed E-state index contributed by atoms with van der Waals surface area (Å²) in [7, 11) is -4.08. The number of nitrogens with one attached hydrogen (secondary N) is 1. The van der Waals surface area contributed by atoms with Gasteiger partial charge in [0, 0.05) is 11.6 Å². The van der Waals surface area contributed by atoms with Gasteiger partial charge in [0.1, 0.15) is 17.3 Å². The first-order valence-electron chi connectivity index (χ1n) is 10.1. The van der Waals surface area contributed by atoms with E-state index in [1.165, 1.54) is 18.2 Å². The maximum Gasteiger partial charge on any atom is 0.269 e. The normalized spacial score (nSPS) is 14.2. The number of aromatic nitrogens is 2. The van der Waals surface area contributed by atoms with E-state index in [2.05, 4.69) is 10.4 Å². The minimum atomic E-state index is -4.08. The molecule has 1 aliphatic rings. The maximum absolute atomic E-state index is 12.9. The molecule has 3 aromatic carbocycles. The molecule has 0 unspecified atom stereocenters. The Hall–Kier alpha value is -4.24. The minimum absolute atomic E-state index is 0.0611. The van der Waals surface area contributed by atoms with Crippen molar-refractivity contribution in [3.05, 3.63) is 96.6 Å². The van der Waals surface area contributed by atoms with Crippen LogP contribution >= 0.6 is 0 Å². The number of para-hydroxylation sites is 1. The van der Waals surface area contributed by atoms with Crippen molar-refractivity contribution in [1.82, 2.24) is 14.1 Å². The van der Waals surface area contributed by atoms with Gasteiger partial charge >= 0.3 is 0 Å². The number of anilines is 1. The lowest BCUT2D eigenvalue weighted by atomic mass is 10.1. The van der Waals surface area contributed by atoms with Crippen molar-refractivity contribution in [2.45, 2.75) is 4.90 Å². The van der Waals surface area contributed by atoms with Crippen molar-refractivity contribution in [1.29, 1.82) is 0 Å². The van der Waals surface area contributed by atoms with Crippen molar-refractivity contribution >= 4 is 27.7 Å². The Balaban J connectivity index is 1.45. The quantitative estimate of drug-likeness (QED) is 0.494. The Morgan fingerprint density at radius 2 is 1.52 bits per heavy atom. The molecule has 0 bridgehead atoms. The second-order valence-electron chi connectivity index (χ2n) is 7.39. The number of hydrogen-bond acceptors (Lipinski definition) is 5. The lowest BCUT2D eigenvalue weighted by molar-refractivity contribution is -0.116. The molecule has 0 aliphatic carbocycles. The van der Waals surface area contributed by atoms with Crippen LogP contribution in [0.4, 0.5) is 5.82 Å². The predicted molar refractivity (Wildman–Crippen MR) is 122 cm³/mol. The van der Waals surface area contributed by atoms with E-state index >= 15 is 0 Å². The lowest BCUT2D eigenvalue weighted by Gasteiger charge is -2.15. The zero-order chi connectivity index (χ0) is 23.0. The van der Waals surface area contributed by atoms with Crippen molar-refractivity contribution in [2.24, 2.45) is 0 Å². The highest BCUT2D eigenvalue weighted by Gasteiger charge is 2.41. The topological polar surface area (TPSA) is 101 Å². The van der Waals surface area contributed by atoms with Crippen LogP contribution in [0.15, 0.2) is 95.9 Å². The number of sulfonamides is 1. The molecule has 2 amide bonds. The van der Waals surface area contributed by atoms with E-state index in [1.807, 2.05) is 60.7 Å². The fourth-order valence-electron chi connectivity index (χ4n) is 3.69. The summed E-state index contributed by atoms with van der Waals surface area (Å²) in [5.41, 5.74) is 2.26. The fraction of sp³-hybridized carbons (Fsp3) is 0.0417. The standard InChI is InChI=1S/C24H18N4O4S/c29-23(16-27-24(30)19-13-7-8-14-21(19)33(27,31)32)25-22-15-20(17-9-3-1-4-10-17)26-28(22)18-11-5-2-6-12-18/h1-15H,16H2,(H,25,29). The van der Waals surface area contributed by atoms with Crippen LogP contribution in [0.2, 0.25) is 0 Å². The molecule has 0 radical (unpaired) electrons. The second kappa shape index (κ2) is 8.03. The number of fused-ring (bicyclic) bond motifs is 1. The summed E-state index contributed by atoms with van der Waals surface area (Å²) in [6, 6.07) is 26.3. The Kier molecular flexibility index (Phi) is 5.02. The highest BCUT2D eigenvalue weighted by molar-refractivity contribution is 7.90. The molecule has 8 nitrogen and oxygen atoms in total. The third kappa shape index (κ3) is 3.68. The number of amides is 2. The summed E-state index contributed by atoms with van der Waals surface area (Å²) >= 11 is 0. The van der Waals surface area contributed by atoms with Gasteiger partial charge in [-0.05, 0) is 24.3 Å². The smallest absolute Gasteiger partial charge is 0.269 e. The van der Waals surface area contributed by atoms with Gasteiger partial charge in [0.25, 0.3) is 15.9 Å². The first kappa shape index (κ1) is 20.7. The first-order valence-corrected chi connectivity index (χ1v) is 11.6. The molecule has 0 saturated heterocycles. The Morgan fingerprint density at radius 1 is 0.879 bits per heavy atom. The molecule has 0 spiro atoms. The van der Waals surface area contributed by atoms with Crippen LogP contribution < -0.4 is 5.32 Å². The molecule has 33 heavy (non-hydrogen) atoms. The highest BCUT2D eigenvalue weighted by atomic mass is 32.2. The summed E-state index contributed by atoms with van der Waals surface area (Å²) in [6.07, 6.45) is 0. The fourth-order valence-corrected chi connectivity index (χ4v) is 5.21. The van der Waals surface area contributed by atoms with Crippen LogP contribution in [0.3, 0.4) is 0 Å². The molecule has 0 atom stereocenters. The molecule has 9 heteroatoms. The van der Waals surface area contributed by atoms with E-state index < -0.39 is 28.4 Å². The number of carbonyl (C=O) groups is 2. The van der Waals surface area contributed by atoms with E-state index in [0.717, 1.165) is 5.56 Å². The maximum atomic E-state index is 12.9. The number of nitrogens with zero attached hydrogens (tertiary/aromatic N) is 3. The van der Waals surface area contributed by atoms with Gasteiger partial charge in [-0.2, -0.15) is 5.10 Å². The van der Waals surface area contributed by atoms with Crippen molar-refractivity contribution < 1.29 is 18.0 Å². The summed E-state index contributed by atoms with van der Waals surface area (Å²) in [6.45, 7) is -0.642. The first-order chi connectivity index (χ1) is 15.9. The summed E-state index contributed by atoms with van der Waals surface area (Å²) < 4.78 is 27.7. The van der Waals surface area contributed by atoms with Crippen molar-refractivity contribution in [3.8, 4) is 16.9 Å². The largest absolute Gasteiger partial charge is 0.309 e. The van der Waals surface area contributed by atoms with E-state index in [9.17, 15) is 18.0 Å². The van der Waals surface area contributed by atoms with E-state index in [0.29, 0.717) is 21.5 Å². The third-order valence-corrected chi connectivity index (χ3v) is 7.03. The van der Waals surface area contributed by atoms with Crippen LogP contribution in [0.25, 0.3) is 16.9 Å². The van der Waals surface area contributed by atoms with Gasteiger partial charge < -0.3 is 5.32 Å². The van der Waals surface area contributed by atoms with Crippen LogP contribution in [-0.2, 0) is 14.8 Å². The molecule has 1 aliphatic heterocycles. The monoisotopic (exact) mass is 458 g/mol. The molecule has 2 heterocycles. The van der Waals surface area contributed by atoms with Crippen LogP contribution in [0.1, 0.15) is 10.4 Å². The molecular formula is C24H18N4O4S. The summed E-state index contributed by atoms with van der Waals surface area (Å²) in [5.74, 6) is -1.02. The van der Waals surface area contributed by atoms with Gasteiger partial charge in [0.05, 0.1) is 16.9 Å². The molecular weight excluding hydrogens is 440 g/mol. The number of rotatable bonds is 5. The minimum Gasteiger partial charge on any atom is -0.309 e. The average molecular weight is 458 g/mol. The molecule has 0 fully saturated rings. The zero-order valence-corrected chi connectivity index (χ0v) is 18.1. The van der Waals surface area contributed by atoms with Crippen LogP contribution in [0.5, 0.6) is 0 Å². The van der Waals surface area contributed by atoms with Gasteiger partial charge in [-0.1, -0.05) is 60.7 Å². The van der Waals surface area contributed by atoms with Crippen molar-refractivity contribution in [3.63, 3.8) is 0 Å². The Labute approximate surface area is 190 Å². The van der Waals surface area contributed by atoms with Crippen LogP contribution in [0, 0.1) is 0 Å².